The van der Waals surface area contributed by atoms with Crippen molar-refractivity contribution in [3.8, 4) is 0 Å². The summed E-state index contributed by atoms with van der Waals surface area (Å²) in [6.45, 7) is 8.37. The molecule has 4 heteroatoms. The second-order valence-corrected chi connectivity index (χ2v) is 6.01. The largest absolute Gasteiger partial charge is 0.329 e. The van der Waals surface area contributed by atoms with Crippen LogP contribution in [0.15, 0.2) is 12.4 Å². The van der Waals surface area contributed by atoms with Crippen molar-refractivity contribution in [1.29, 1.82) is 0 Å². The number of aryl methyl sites for hydroxylation is 1. The zero-order valence-electron chi connectivity index (χ0n) is 12.5. The molecule has 0 fully saturated rings. The van der Waals surface area contributed by atoms with Crippen molar-refractivity contribution in [2.45, 2.75) is 45.7 Å². The lowest BCUT2D eigenvalue weighted by atomic mass is 9.90. The number of nitrogens with two attached hydrogens (primary N) is 1. The third-order valence-electron chi connectivity index (χ3n) is 3.80. The van der Waals surface area contributed by atoms with Crippen molar-refractivity contribution in [2.75, 3.05) is 13.6 Å². The summed E-state index contributed by atoms with van der Waals surface area (Å²) in [4.78, 5) is 2.35. The number of hydrogen-bond donors (Lipinski definition) is 1. The molecule has 0 radical (unpaired) electrons. The van der Waals surface area contributed by atoms with Crippen molar-refractivity contribution in [2.24, 2.45) is 18.7 Å². The van der Waals surface area contributed by atoms with E-state index >= 15 is 0 Å². The highest BCUT2D eigenvalue weighted by atomic mass is 15.2. The van der Waals surface area contributed by atoms with Crippen LogP contribution >= 0.6 is 0 Å². The van der Waals surface area contributed by atoms with Gasteiger partial charge in [0.05, 0.1) is 6.20 Å². The highest BCUT2D eigenvalue weighted by molar-refractivity contribution is 5.04. The Hall–Kier alpha value is -0.870. The van der Waals surface area contributed by atoms with Crippen LogP contribution in [-0.4, -0.2) is 33.8 Å². The molecule has 0 aliphatic carbocycles. The van der Waals surface area contributed by atoms with Crippen LogP contribution in [0.2, 0.25) is 0 Å². The summed E-state index contributed by atoms with van der Waals surface area (Å²) in [6.07, 6.45) is 6.34. The van der Waals surface area contributed by atoms with Crippen LogP contribution in [0.4, 0.5) is 0 Å². The van der Waals surface area contributed by atoms with Crippen LogP contribution in [-0.2, 0) is 13.6 Å². The Labute approximate surface area is 111 Å². The molecule has 1 unspecified atom stereocenters. The zero-order valence-corrected chi connectivity index (χ0v) is 12.5. The van der Waals surface area contributed by atoms with Gasteiger partial charge in [0.15, 0.2) is 0 Å². The first-order chi connectivity index (χ1) is 8.37. The second-order valence-electron chi connectivity index (χ2n) is 6.01. The molecule has 18 heavy (non-hydrogen) atoms. The molecule has 1 heterocycles. The lowest BCUT2D eigenvalue weighted by Crippen LogP contribution is -2.49. The van der Waals surface area contributed by atoms with Crippen LogP contribution in [0.25, 0.3) is 0 Å². The van der Waals surface area contributed by atoms with Crippen LogP contribution in [0.3, 0.4) is 0 Å². The Morgan fingerprint density at radius 3 is 2.61 bits per heavy atom. The molecule has 0 saturated carbocycles. The van der Waals surface area contributed by atoms with Gasteiger partial charge in [0, 0.05) is 37.4 Å². The molecular weight excluding hydrogens is 224 g/mol. The van der Waals surface area contributed by atoms with Crippen molar-refractivity contribution in [3.05, 3.63) is 18.0 Å². The van der Waals surface area contributed by atoms with Crippen molar-refractivity contribution in [3.63, 3.8) is 0 Å². The summed E-state index contributed by atoms with van der Waals surface area (Å²) < 4.78 is 1.84. The van der Waals surface area contributed by atoms with E-state index in [1.54, 1.807) is 0 Å². The molecule has 0 aliphatic rings. The van der Waals surface area contributed by atoms with Gasteiger partial charge in [0.25, 0.3) is 0 Å². The van der Waals surface area contributed by atoms with Crippen LogP contribution in [0.1, 0.15) is 39.2 Å². The van der Waals surface area contributed by atoms with Gasteiger partial charge in [-0.1, -0.05) is 13.8 Å². The standard InChI is InChI=1S/C14H28N4/c1-12(2)6-7-14(3,11-15)17(4)9-13-8-16-18(5)10-13/h8,10,12H,6-7,9,11,15H2,1-5H3. The lowest BCUT2D eigenvalue weighted by molar-refractivity contribution is 0.119. The van der Waals surface area contributed by atoms with E-state index in [0.29, 0.717) is 6.54 Å². The number of rotatable bonds is 7. The van der Waals surface area contributed by atoms with Gasteiger partial charge in [-0.05, 0) is 32.7 Å². The Morgan fingerprint density at radius 1 is 1.50 bits per heavy atom. The molecule has 0 aliphatic heterocycles. The highest BCUT2D eigenvalue weighted by Crippen LogP contribution is 2.23. The lowest BCUT2D eigenvalue weighted by Gasteiger charge is -2.38. The van der Waals surface area contributed by atoms with E-state index in [-0.39, 0.29) is 5.54 Å². The van der Waals surface area contributed by atoms with Gasteiger partial charge in [0.2, 0.25) is 0 Å². The summed E-state index contributed by atoms with van der Waals surface area (Å²) in [7, 11) is 4.10. The fourth-order valence-electron chi connectivity index (χ4n) is 2.07. The van der Waals surface area contributed by atoms with Crippen LogP contribution < -0.4 is 5.73 Å². The van der Waals surface area contributed by atoms with Crippen molar-refractivity contribution < 1.29 is 0 Å². The van der Waals surface area contributed by atoms with Crippen molar-refractivity contribution >= 4 is 0 Å². The summed E-state index contributed by atoms with van der Waals surface area (Å²) in [5.41, 5.74) is 7.30. The molecule has 2 N–H and O–H groups in total. The molecule has 1 aromatic rings. The summed E-state index contributed by atoms with van der Waals surface area (Å²) in [6, 6.07) is 0. The summed E-state index contributed by atoms with van der Waals surface area (Å²) in [5.74, 6) is 0.725. The molecule has 0 spiro atoms. The van der Waals surface area contributed by atoms with E-state index in [9.17, 15) is 0 Å². The Balaban J connectivity index is 2.62. The average Bonchev–Trinajstić information content (AvgIpc) is 2.71. The fraction of sp³-hybridized carbons (Fsp3) is 0.786. The zero-order chi connectivity index (χ0) is 13.8. The van der Waals surface area contributed by atoms with Crippen LogP contribution in [0, 0.1) is 5.92 Å². The van der Waals surface area contributed by atoms with Gasteiger partial charge in [0.1, 0.15) is 0 Å². The van der Waals surface area contributed by atoms with Gasteiger partial charge < -0.3 is 5.73 Å². The monoisotopic (exact) mass is 252 g/mol. The Morgan fingerprint density at radius 2 is 2.17 bits per heavy atom. The highest BCUT2D eigenvalue weighted by Gasteiger charge is 2.27. The minimum atomic E-state index is 0.0696. The molecule has 1 atom stereocenters. The fourth-order valence-corrected chi connectivity index (χ4v) is 2.07. The molecular formula is C14H28N4. The van der Waals surface area contributed by atoms with Gasteiger partial charge in [-0.25, -0.2) is 0 Å². The molecule has 0 saturated heterocycles. The molecule has 104 valence electrons. The van der Waals surface area contributed by atoms with Gasteiger partial charge in [-0.2, -0.15) is 5.10 Å². The van der Waals surface area contributed by atoms with Crippen molar-refractivity contribution in [1.82, 2.24) is 14.7 Å². The van der Waals surface area contributed by atoms with E-state index in [0.717, 1.165) is 18.9 Å². The molecule has 0 bridgehead atoms. The Bertz CT molecular complexity index is 358. The maximum absolute atomic E-state index is 5.99. The minimum Gasteiger partial charge on any atom is -0.329 e. The maximum atomic E-state index is 5.99. The minimum absolute atomic E-state index is 0.0696. The molecule has 4 nitrogen and oxygen atoms in total. The molecule has 0 amide bonds. The number of aromatic nitrogens is 2. The number of hydrogen-bond acceptors (Lipinski definition) is 3. The van der Waals surface area contributed by atoms with E-state index in [2.05, 4.69) is 44.0 Å². The van der Waals surface area contributed by atoms with Gasteiger partial charge in [-0.15, -0.1) is 0 Å². The topological polar surface area (TPSA) is 47.1 Å². The predicted octanol–water partition coefficient (Wildman–Crippen LogP) is 2.01. The third kappa shape index (κ3) is 4.10. The second kappa shape index (κ2) is 6.34. The molecule has 1 rings (SSSR count). The average molecular weight is 252 g/mol. The van der Waals surface area contributed by atoms with Gasteiger partial charge >= 0.3 is 0 Å². The van der Waals surface area contributed by atoms with E-state index in [1.807, 2.05) is 17.9 Å². The summed E-state index contributed by atoms with van der Waals surface area (Å²) in [5, 5.41) is 4.21. The number of likely N-dealkylation sites (N-methyl/N-ethyl adjacent to an activating group) is 1. The van der Waals surface area contributed by atoms with E-state index in [4.69, 9.17) is 5.73 Å². The first-order valence-corrected chi connectivity index (χ1v) is 6.76. The quantitative estimate of drug-likeness (QED) is 0.807. The SMILES string of the molecule is CC(C)CCC(C)(CN)N(C)Cc1cnn(C)c1. The first kappa shape index (κ1) is 15.2. The number of nitrogens with zero attached hydrogens (tertiary/aromatic N) is 3. The predicted molar refractivity (Wildman–Crippen MR) is 76.2 cm³/mol. The Kier molecular flexibility index (Phi) is 5.35. The maximum Gasteiger partial charge on any atom is 0.0534 e. The van der Waals surface area contributed by atoms with Gasteiger partial charge in [-0.3, -0.25) is 9.58 Å². The molecule has 1 aromatic heterocycles. The first-order valence-electron chi connectivity index (χ1n) is 6.76. The van der Waals surface area contributed by atoms with E-state index < -0.39 is 0 Å². The normalized spacial score (nSPS) is 15.3. The smallest absolute Gasteiger partial charge is 0.0534 e. The van der Waals surface area contributed by atoms with Crippen LogP contribution in [0.5, 0.6) is 0 Å². The third-order valence-corrected chi connectivity index (χ3v) is 3.80. The molecule has 0 aromatic carbocycles. The van der Waals surface area contributed by atoms with E-state index in [1.165, 1.54) is 12.0 Å². The summed E-state index contributed by atoms with van der Waals surface area (Å²) >= 11 is 0.